The number of rotatable bonds is 5. The molecule has 0 atom stereocenters. The fourth-order valence-electron chi connectivity index (χ4n) is 1.73. The Bertz CT molecular complexity index is 653. The van der Waals surface area contributed by atoms with Crippen molar-refractivity contribution in [1.29, 1.82) is 0 Å². The predicted octanol–water partition coefficient (Wildman–Crippen LogP) is 2.23. The molecule has 21 heavy (non-hydrogen) atoms. The van der Waals surface area contributed by atoms with Crippen LogP contribution in [0.2, 0.25) is 0 Å². The summed E-state index contributed by atoms with van der Waals surface area (Å²) in [6.07, 6.45) is 4.64. The zero-order valence-electron chi connectivity index (χ0n) is 11.6. The smallest absolute Gasteiger partial charge is 0.249 e. The van der Waals surface area contributed by atoms with Gasteiger partial charge in [0.15, 0.2) is 0 Å². The summed E-state index contributed by atoms with van der Waals surface area (Å²) in [5, 5.41) is 11.7. The van der Waals surface area contributed by atoms with Crippen molar-refractivity contribution >= 4 is 17.8 Å². The lowest BCUT2D eigenvalue weighted by atomic mass is 10.2. The number of hydrogen-bond acceptors (Lipinski definition) is 4. The number of aromatic nitrogens is 1. The van der Waals surface area contributed by atoms with E-state index in [2.05, 4.69) is 10.3 Å². The van der Waals surface area contributed by atoms with E-state index in [9.17, 15) is 4.79 Å². The van der Waals surface area contributed by atoms with Crippen LogP contribution in [0.5, 0.6) is 5.75 Å². The fraction of sp³-hybridized carbons (Fsp3) is 0.125. The molecule has 0 radical (unpaired) electrons. The molecule has 2 rings (SSSR count). The Hall–Kier alpha value is -2.66. The van der Waals surface area contributed by atoms with Gasteiger partial charge in [-0.2, -0.15) is 0 Å². The van der Waals surface area contributed by atoms with E-state index in [0.29, 0.717) is 11.4 Å². The van der Waals surface area contributed by atoms with Gasteiger partial charge >= 0.3 is 0 Å². The second-order valence-corrected chi connectivity index (χ2v) is 4.31. The molecule has 1 aromatic heterocycles. The number of nitrogens with zero attached hydrogens (tertiary/aromatic N) is 1. The van der Waals surface area contributed by atoms with Gasteiger partial charge in [-0.1, -0.05) is 12.1 Å². The minimum atomic E-state index is -0.291. The lowest BCUT2D eigenvalue weighted by Gasteiger charge is -2.03. The average Bonchev–Trinajstić information content (AvgIpc) is 2.53. The SMILES string of the molecule is COc1cccc(/C=C/C(=O)Nc2cc(CO)ccn2)c1. The Labute approximate surface area is 122 Å². The van der Waals surface area contributed by atoms with Gasteiger partial charge < -0.3 is 15.2 Å². The summed E-state index contributed by atoms with van der Waals surface area (Å²) in [6, 6.07) is 10.7. The lowest BCUT2D eigenvalue weighted by molar-refractivity contribution is -0.111. The summed E-state index contributed by atoms with van der Waals surface area (Å²) < 4.78 is 5.11. The van der Waals surface area contributed by atoms with E-state index in [0.717, 1.165) is 11.3 Å². The van der Waals surface area contributed by atoms with Crippen LogP contribution < -0.4 is 10.1 Å². The number of aliphatic hydroxyl groups excluding tert-OH is 1. The number of pyridine rings is 1. The highest BCUT2D eigenvalue weighted by molar-refractivity contribution is 6.01. The molecule has 1 heterocycles. The van der Waals surface area contributed by atoms with Crippen molar-refractivity contribution in [2.45, 2.75) is 6.61 Å². The number of carbonyl (C=O) groups is 1. The first-order chi connectivity index (χ1) is 10.2. The van der Waals surface area contributed by atoms with Crippen LogP contribution in [-0.2, 0) is 11.4 Å². The van der Waals surface area contributed by atoms with Gasteiger partial charge in [0.2, 0.25) is 5.91 Å². The first-order valence-corrected chi connectivity index (χ1v) is 6.40. The standard InChI is InChI=1S/C16H16N2O3/c1-21-14-4-2-3-12(9-14)5-6-16(20)18-15-10-13(11-19)7-8-17-15/h2-10,19H,11H2,1H3,(H,17,18,20)/b6-5+. The molecule has 0 saturated heterocycles. The van der Waals surface area contributed by atoms with Gasteiger partial charge in [0.1, 0.15) is 11.6 Å². The van der Waals surface area contributed by atoms with Crippen LogP contribution in [0.4, 0.5) is 5.82 Å². The van der Waals surface area contributed by atoms with Crippen molar-refractivity contribution < 1.29 is 14.6 Å². The molecule has 2 aromatic rings. The Morgan fingerprint density at radius 2 is 2.24 bits per heavy atom. The molecule has 0 aliphatic heterocycles. The van der Waals surface area contributed by atoms with E-state index >= 15 is 0 Å². The van der Waals surface area contributed by atoms with Crippen LogP contribution in [0, 0.1) is 0 Å². The maximum Gasteiger partial charge on any atom is 0.249 e. The highest BCUT2D eigenvalue weighted by Gasteiger charge is 2.00. The van der Waals surface area contributed by atoms with Gasteiger partial charge in [-0.15, -0.1) is 0 Å². The maximum atomic E-state index is 11.8. The lowest BCUT2D eigenvalue weighted by Crippen LogP contribution is -2.09. The molecule has 0 saturated carbocycles. The molecule has 0 aliphatic carbocycles. The van der Waals surface area contributed by atoms with Crippen LogP contribution in [0.15, 0.2) is 48.7 Å². The number of carbonyl (C=O) groups excluding carboxylic acids is 1. The minimum absolute atomic E-state index is 0.0922. The number of ether oxygens (including phenoxy) is 1. The van der Waals surface area contributed by atoms with Crippen LogP contribution in [-0.4, -0.2) is 23.1 Å². The maximum absolute atomic E-state index is 11.8. The zero-order chi connectivity index (χ0) is 15.1. The number of amides is 1. The predicted molar refractivity (Wildman–Crippen MR) is 80.8 cm³/mol. The third-order valence-electron chi connectivity index (χ3n) is 2.78. The molecule has 5 nitrogen and oxygen atoms in total. The number of nitrogens with one attached hydrogen (secondary N) is 1. The summed E-state index contributed by atoms with van der Waals surface area (Å²) in [5.74, 6) is 0.845. The van der Waals surface area contributed by atoms with Crippen molar-refractivity contribution in [2.75, 3.05) is 12.4 Å². The third-order valence-corrected chi connectivity index (χ3v) is 2.78. The Kier molecular flexibility index (Phi) is 5.06. The molecular weight excluding hydrogens is 268 g/mol. The number of aliphatic hydroxyl groups is 1. The number of benzene rings is 1. The molecule has 1 amide bonds. The zero-order valence-corrected chi connectivity index (χ0v) is 11.6. The second kappa shape index (κ2) is 7.21. The molecule has 0 unspecified atom stereocenters. The van der Waals surface area contributed by atoms with Gasteiger partial charge in [-0.3, -0.25) is 4.79 Å². The number of anilines is 1. The van der Waals surface area contributed by atoms with Gasteiger partial charge in [0.05, 0.1) is 13.7 Å². The molecule has 0 spiro atoms. The molecule has 2 N–H and O–H groups in total. The van der Waals surface area contributed by atoms with Gasteiger partial charge in [-0.05, 0) is 41.5 Å². The second-order valence-electron chi connectivity index (χ2n) is 4.31. The summed E-state index contributed by atoms with van der Waals surface area (Å²) in [7, 11) is 1.59. The van der Waals surface area contributed by atoms with Crippen molar-refractivity contribution in [3.63, 3.8) is 0 Å². The van der Waals surface area contributed by atoms with Crippen molar-refractivity contribution in [3.8, 4) is 5.75 Å². The van der Waals surface area contributed by atoms with Crippen molar-refractivity contribution in [2.24, 2.45) is 0 Å². The van der Waals surface area contributed by atoms with E-state index < -0.39 is 0 Å². The van der Waals surface area contributed by atoms with Crippen molar-refractivity contribution in [1.82, 2.24) is 4.98 Å². The van der Waals surface area contributed by atoms with Crippen LogP contribution in [0.3, 0.4) is 0 Å². The van der Waals surface area contributed by atoms with Crippen LogP contribution in [0.1, 0.15) is 11.1 Å². The van der Waals surface area contributed by atoms with E-state index in [-0.39, 0.29) is 12.5 Å². The minimum Gasteiger partial charge on any atom is -0.497 e. The van der Waals surface area contributed by atoms with E-state index in [1.165, 1.54) is 12.3 Å². The monoisotopic (exact) mass is 284 g/mol. The highest BCUT2D eigenvalue weighted by Crippen LogP contribution is 2.13. The largest absolute Gasteiger partial charge is 0.497 e. The summed E-state index contributed by atoms with van der Waals surface area (Å²) in [5.41, 5.74) is 1.55. The first-order valence-electron chi connectivity index (χ1n) is 6.40. The van der Waals surface area contributed by atoms with E-state index in [1.54, 1.807) is 25.3 Å². The normalized spacial score (nSPS) is 10.6. The van der Waals surface area contributed by atoms with Crippen LogP contribution >= 0.6 is 0 Å². The fourth-order valence-corrected chi connectivity index (χ4v) is 1.73. The molecule has 0 bridgehead atoms. The molecule has 108 valence electrons. The molecule has 0 aliphatic rings. The Balaban J connectivity index is 2.01. The third kappa shape index (κ3) is 4.43. The highest BCUT2D eigenvalue weighted by atomic mass is 16.5. The van der Waals surface area contributed by atoms with Gasteiger partial charge in [-0.25, -0.2) is 4.98 Å². The summed E-state index contributed by atoms with van der Waals surface area (Å²) in [6.45, 7) is -0.0922. The summed E-state index contributed by atoms with van der Waals surface area (Å²) in [4.78, 5) is 15.8. The van der Waals surface area contributed by atoms with Crippen LogP contribution in [0.25, 0.3) is 6.08 Å². The quantitative estimate of drug-likeness (QED) is 0.826. The summed E-state index contributed by atoms with van der Waals surface area (Å²) >= 11 is 0. The molecule has 5 heteroatoms. The molecule has 1 aromatic carbocycles. The Morgan fingerprint density at radius 1 is 1.38 bits per heavy atom. The van der Waals surface area contributed by atoms with Gasteiger partial charge in [0.25, 0.3) is 0 Å². The Morgan fingerprint density at radius 3 is 3.00 bits per heavy atom. The number of hydrogen-bond donors (Lipinski definition) is 2. The van der Waals surface area contributed by atoms with E-state index in [1.807, 2.05) is 24.3 Å². The van der Waals surface area contributed by atoms with Crippen molar-refractivity contribution in [3.05, 3.63) is 59.8 Å². The molecular formula is C16H16N2O3. The molecule has 0 fully saturated rings. The topological polar surface area (TPSA) is 71.5 Å². The number of methoxy groups -OCH3 is 1. The van der Waals surface area contributed by atoms with E-state index in [4.69, 9.17) is 9.84 Å². The van der Waals surface area contributed by atoms with Gasteiger partial charge in [0, 0.05) is 12.3 Å². The average molecular weight is 284 g/mol. The first kappa shape index (κ1) is 14.7.